The molecular weight excluding hydrogens is 488 g/mol. The van der Waals surface area contributed by atoms with Crippen molar-refractivity contribution in [2.75, 3.05) is 17.2 Å². The fraction of sp³-hybridized carbons (Fsp3) is 0.107. The third-order valence-corrected chi connectivity index (χ3v) is 6.26. The van der Waals surface area contributed by atoms with Crippen LogP contribution in [-0.2, 0) is 6.42 Å². The minimum Gasteiger partial charge on any atom is -0.491 e. The van der Waals surface area contributed by atoms with E-state index in [0.29, 0.717) is 34.6 Å². The van der Waals surface area contributed by atoms with Crippen molar-refractivity contribution in [3.8, 4) is 16.9 Å². The van der Waals surface area contributed by atoms with Crippen LogP contribution in [0.1, 0.15) is 12.0 Å². The van der Waals surface area contributed by atoms with Crippen molar-refractivity contribution in [2.45, 2.75) is 12.8 Å². The molecule has 2 amide bonds. The third-order valence-electron chi connectivity index (χ3n) is 6.02. The molecule has 2 heterocycles. The van der Waals surface area contributed by atoms with Gasteiger partial charge in [-0.25, -0.2) is 4.79 Å². The highest BCUT2D eigenvalue weighted by atomic mass is 35.5. The van der Waals surface area contributed by atoms with Crippen molar-refractivity contribution < 1.29 is 9.53 Å². The maximum absolute atomic E-state index is 12.2. The second-order valence-corrected chi connectivity index (χ2v) is 8.92. The molecule has 0 fully saturated rings. The second-order valence-electron chi connectivity index (χ2n) is 8.48. The van der Waals surface area contributed by atoms with Gasteiger partial charge in [-0.05, 0) is 78.1 Å². The van der Waals surface area contributed by atoms with Gasteiger partial charge in [0.25, 0.3) is 0 Å². The lowest BCUT2D eigenvalue weighted by atomic mass is 10.0. The van der Waals surface area contributed by atoms with E-state index >= 15 is 0 Å². The van der Waals surface area contributed by atoms with Gasteiger partial charge in [-0.1, -0.05) is 35.9 Å². The predicted molar refractivity (Wildman–Crippen MR) is 147 cm³/mol. The summed E-state index contributed by atoms with van der Waals surface area (Å²) in [6, 6.07) is 21.7. The Bertz CT molecular complexity index is 1540. The summed E-state index contributed by atoms with van der Waals surface area (Å²) in [4.78, 5) is 17.8. The first-order chi connectivity index (χ1) is 18.0. The number of carbonyl (C=O) groups is 1. The quantitative estimate of drug-likeness (QED) is 0.217. The molecule has 2 aromatic heterocycles. The Hall–Kier alpha value is -4.56. The maximum Gasteiger partial charge on any atom is 0.323 e. The van der Waals surface area contributed by atoms with E-state index in [9.17, 15) is 4.79 Å². The molecule has 5 rings (SSSR count). The molecule has 5 aromatic rings. The van der Waals surface area contributed by atoms with Gasteiger partial charge in [-0.3, -0.25) is 15.0 Å². The molecule has 0 aliphatic heterocycles. The molecule has 8 nitrogen and oxygen atoms in total. The molecule has 9 heteroatoms. The Kier molecular flexibility index (Phi) is 6.91. The molecule has 0 bridgehead atoms. The van der Waals surface area contributed by atoms with E-state index in [-0.39, 0.29) is 0 Å². The minimum absolute atomic E-state index is 0.382. The number of halogens is 1. The number of carbonyl (C=O) groups excluding carboxylic acids is 1. The lowest BCUT2D eigenvalue weighted by molar-refractivity contribution is 0.256. The standard InChI is InChI=1S/C28H25ClN6O2/c29-20-6-1-7-22(16-20)35(28(31)36)21-10-8-19(9-11-21)23-12-13-24(26-25(23)27(30)34-33-26)37-15-3-5-18-4-2-14-32-17-18/h1-2,4,6-14,16-17H,3,5,15H2,(H2,31,36)(H3,30,33,34). The summed E-state index contributed by atoms with van der Waals surface area (Å²) in [5, 5.41) is 8.51. The van der Waals surface area contributed by atoms with Crippen LogP contribution in [0.25, 0.3) is 22.0 Å². The first-order valence-corrected chi connectivity index (χ1v) is 12.1. The van der Waals surface area contributed by atoms with Gasteiger partial charge in [-0.15, -0.1) is 0 Å². The van der Waals surface area contributed by atoms with Crippen molar-refractivity contribution in [3.05, 3.63) is 95.8 Å². The van der Waals surface area contributed by atoms with Crippen LogP contribution < -0.4 is 21.1 Å². The summed E-state index contributed by atoms with van der Waals surface area (Å²) in [6.45, 7) is 0.545. The number of nitrogens with two attached hydrogens (primary N) is 2. The molecular formula is C28H25ClN6O2. The number of aromatic nitrogens is 3. The predicted octanol–water partition coefficient (Wildman–Crippen LogP) is 6.09. The molecule has 186 valence electrons. The van der Waals surface area contributed by atoms with Gasteiger partial charge in [0.2, 0.25) is 0 Å². The molecule has 0 spiro atoms. The van der Waals surface area contributed by atoms with E-state index < -0.39 is 6.03 Å². The van der Waals surface area contributed by atoms with E-state index in [2.05, 4.69) is 21.2 Å². The summed E-state index contributed by atoms with van der Waals surface area (Å²) in [5.74, 6) is 1.07. The zero-order valence-corrected chi connectivity index (χ0v) is 20.7. The number of benzene rings is 3. The largest absolute Gasteiger partial charge is 0.491 e. The number of hydrogen-bond donors (Lipinski definition) is 3. The van der Waals surface area contributed by atoms with E-state index in [1.165, 1.54) is 10.5 Å². The van der Waals surface area contributed by atoms with Gasteiger partial charge < -0.3 is 16.2 Å². The highest BCUT2D eigenvalue weighted by Gasteiger charge is 2.18. The summed E-state index contributed by atoms with van der Waals surface area (Å²) in [5.41, 5.74) is 16.8. The van der Waals surface area contributed by atoms with Crippen LogP contribution in [0.5, 0.6) is 5.75 Å². The number of nitrogen functional groups attached to an aromatic ring is 1. The van der Waals surface area contributed by atoms with Gasteiger partial charge in [0, 0.05) is 17.4 Å². The Labute approximate surface area is 218 Å². The minimum atomic E-state index is -0.610. The summed E-state index contributed by atoms with van der Waals surface area (Å²) in [6.07, 6.45) is 5.36. The number of aryl methyl sites for hydroxylation is 1. The molecule has 0 aliphatic carbocycles. The summed E-state index contributed by atoms with van der Waals surface area (Å²) in [7, 11) is 0. The van der Waals surface area contributed by atoms with Crippen LogP contribution in [0.3, 0.4) is 0 Å². The van der Waals surface area contributed by atoms with Crippen molar-refractivity contribution in [2.24, 2.45) is 5.73 Å². The van der Waals surface area contributed by atoms with Crippen LogP contribution in [0.4, 0.5) is 22.0 Å². The van der Waals surface area contributed by atoms with Crippen molar-refractivity contribution >= 4 is 45.7 Å². The lowest BCUT2D eigenvalue weighted by Gasteiger charge is -2.21. The van der Waals surface area contributed by atoms with E-state index in [1.54, 1.807) is 30.5 Å². The molecule has 3 aromatic carbocycles. The maximum atomic E-state index is 12.2. The Morgan fingerprint density at radius 3 is 2.59 bits per heavy atom. The third kappa shape index (κ3) is 5.19. The average molecular weight is 513 g/mol. The fourth-order valence-electron chi connectivity index (χ4n) is 4.31. The molecule has 0 aliphatic rings. The number of primary amides is 1. The fourth-order valence-corrected chi connectivity index (χ4v) is 4.49. The normalized spacial score (nSPS) is 10.9. The number of amides is 2. The average Bonchev–Trinajstić information content (AvgIpc) is 3.30. The van der Waals surface area contributed by atoms with Gasteiger partial charge in [0.05, 0.1) is 23.4 Å². The number of pyridine rings is 1. The number of ether oxygens (including phenoxy) is 1. The Morgan fingerprint density at radius 1 is 1.03 bits per heavy atom. The van der Waals surface area contributed by atoms with Crippen LogP contribution in [0.2, 0.25) is 5.02 Å². The summed E-state index contributed by atoms with van der Waals surface area (Å²) < 4.78 is 6.06. The van der Waals surface area contributed by atoms with Crippen LogP contribution in [-0.4, -0.2) is 27.8 Å². The monoisotopic (exact) mass is 512 g/mol. The number of rotatable bonds is 8. The number of anilines is 3. The van der Waals surface area contributed by atoms with Gasteiger partial charge >= 0.3 is 6.03 Å². The van der Waals surface area contributed by atoms with Crippen molar-refractivity contribution in [1.29, 1.82) is 0 Å². The molecule has 37 heavy (non-hydrogen) atoms. The topological polar surface area (TPSA) is 123 Å². The Morgan fingerprint density at radius 2 is 1.86 bits per heavy atom. The number of fused-ring (bicyclic) bond motifs is 1. The molecule has 0 unspecified atom stereocenters. The van der Waals surface area contributed by atoms with E-state index in [4.69, 9.17) is 27.8 Å². The zero-order valence-electron chi connectivity index (χ0n) is 19.9. The number of nitrogens with zero attached hydrogens (tertiary/aromatic N) is 3. The molecule has 0 atom stereocenters. The molecule has 5 N–H and O–H groups in total. The number of nitrogens with one attached hydrogen (secondary N) is 1. The highest BCUT2D eigenvalue weighted by molar-refractivity contribution is 6.31. The summed E-state index contributed by atoms with van der Waals surface area (Å²) >= 11 is 6.11. The van der Waals surface area contributed by atoms with Crippen LogP contribution in [0, 0.1) is 0 Å². The first-order valence-electron chi connectivity index (χ1n) is 11.7. The van der Waals surface area contributed by atoms with E-state index in [0.717, 1.165) is 34.9 Å². The number of aromatic amines is 1. The second kappa shape index (κ2) is 10.6. The van der Waals surface area contributed by atoms with Crippen LogP contribution in [0.15, 0.2) is 85.2 Å². The highest BCUT2D eigenvalue weighted by Crippen LogP contribution is 2.37. The number of H-pyrrole nitrogens is 1. The zero-order chi connectivity index (χ0) is 25.8. The smallest absolute Gasteiger partial charge is 0.323 e. The Balaban J connectivity index is 1.38. The molecule has 0 radical (unpaired) electrons. The van der Waals surface area contributed by atoms with Gasteiger partial charge in [0.1, 0.15) is 11.3 Å². The van der Waals surface area contributed by atoms with E-state index in [1.807, 2.05) is 48.7 Å². The van der Waals surface area contributed by atoms with Crippen LogP contribution >= 0.6 is 11.6 Å². The number of urea groups is 1. The van der Waals surface area contributed by atoms with Gasteiger partial charge in [-0.2, -0.15) is 5.10 Å². The number of hydrogen-bond acceptors (Lipinski definition) is 5. The first kappa shape index (κ1) is 24.1. The van der Waals surface area contributed by atoms with Gasteiger partial charge in [0.15, 0.2) is 5.82 Å². The lowest BCUT2D eigenvalue weighted by Crippen LogP contribution is -2.31. The van der Waals surface area contributed by atoms with Crippen molar-refractivity contribution in [1.82, 2.24) is 15.2 Å². The SMILES string of the molecule is NC(=O)N(c1ccc(-c2ccc(OCCCc3cccnc3)c3[nH]nc(N)c23)cc1)c1cccc(Cl)c1. The molecule has 0 saturated heterocycles. The molecule has 0 saturated carbocycles. The van der Waals surface area contributed by atoms with Crippen molar-refractivity contribution in [3.63, 3.8) is 0 Å².